The van der Waals surface area contributed by atoms with Crippen molar-refractivity contribution in [1.82, 2.24) is 9.80 Å². The highest BCUT2D eigenvalue weighted by atomic mass is 16.2. The van der Waals surface area contributed by atoms with Gasteiger partial charge in [-0.1, -0.05) is 32.9 Å². The normalized spacial score (nSPS) is 29.1. The Morgan fingerprint density at radius 3 is 1.80 bits per heavy atom. The monoisotopic (exact) mass is 342 g/mol. The van der Waals surface area contributed by atoms with Crippen molar-refractivity contribution in [1.29, 1.82) is 0 Å². The summed E-state index contributed by atoms with van der Waals surface area (Å²) in [6.07, 6.45) is 4.96. The summed E-state index contributed by atoms with van der Waals surface area (Å²) in [5.74, 6) is 1.78. The van der Waals surface area contributed by atoms with Crippen LogP contribution in [0.25, 0.3) is 0 Å². The maximum absolute atomic E-state index is 12.9. The lowest BCUT2D eigenvalue weighted by molar-refractivity contribution is 0.0726. The van der Waals surface area contributed by atoms with Gasteiger partial charge in [0.25, 0.3) is 5.91 Å². The fourth-order valence-corrected chi connectivity index (χ4v) is 4.77. The molecule has 138 valence electrons. The number of fused-ring (bicyclic) bond motifs is 1. The molecule has 2 aliphatic carbocycles. The van der Waals surface area contributed by atoms with E-state index in [-0.39, 0.29) is 11.3 Å². The highest BCUT2D eigenvalue weighted by Crippen LogP contribution is 2.46. The first kappa shape index (κ1) is 18.4. The van der Waals surface area contributed by atoms with Crippen LogP contribution in [0.15, 0.2) is 24.3 Å². The van der Waals surface area contributed by atoms with Gasteiger partial charge in [0.2, 0.25) is 0 Å². The summed E-state index contributed by atoms with van der Waals surface area (Å²) >= 11 is 0. The molecule has 1 aromatic carbocycles. The number of hydrogen-bond donors (Lipinski definition) is 0. The fraction of sp³-hybridized carbons (Fsp3) is 0.682. The maximum Gasteiger partial charge on any atom is 0.253 e. The summed E-state index contributed by atoms with van der Waals surface area (Å²) in [5, 5.41) is 0. The van der Waals surface area contributed by atoms with E-state index in [4.69, 9.17) is 0 Å². The lowest BCUT2D eigenvalue weighted by Gasteiger charge is -2.27. The van der Waals surface area contributed by atoms with E-state index in [2.05, 4.69) is 51.9 Å². The van der Waals surface area contributed by atoms with E-state index in [0.717, 1.165) is 23.4 Å². The largest absolute Gasteiger partial charge is 0.339 e. The molecule has 1 aromatic rings. The van der Waals surface area contributed by atoms with E-state index in [1.54, 1.807) is 0 Å². The summed E-state index contributed by atoms with van der Waals surface area (Å²) in [5.41, 5.74) is 2.22. The summed E-state index contributed by atoms with van der Waals surface area (Å²) < 4.78 is 0. The Kier molecular flexibility index (Phi) is 4.98. The van der Waals surface area contributed by atoms with E-state index in [0.29, 0.717) is 6.04 Å². The molecule has 2 saturated carbocycles. The van der Waals surface area contributed by atoms with Gasteiger partial charge in [0.1, 0.15) is 0 Å². The van der Waals surface area contributed by atoms with Crippen LogP contribution in [0.2, 0.25) is 0 Å². The third-order valence-electron chi connectivity index (χ3n) is 6.56. The molecule has 2 aliphatic rings. The minimum atomic E-state index is 0.124. The van der Waals surface area contributed by atoms with Crippen molar-refractivity contribution >= 4 is 5.91 Å². The molecule has 2 fully saturated rings. The molecule has 0 heterocycles. The maximum atomic E-state index is 12.9. The van der Waals surface area contributed by atoms with Gasteiger partial charge in [0, 0.05) is 24.7 Å². The molecule has 0 aromatic heterocycles. The Hall–Kier alpha value is -1.35. The Balaban J connectivity index is 1.63. The molecule has 0 spiro atoms. The molecular formula is C22H34N2O. The van der Waals surface area contributed by atoms with Crippen LogP contribution in [0.4, 0.5) is 0 Å². The molecule has 0 radical (unpaired) electrons. The number of hydrogen-bond acceptors (Lipinski definition) is 2. The molecule has 2 unspecified atom stereocenters. The van der Waals surface area contributed by atoms with Gasteiger partial charge in [-0.15, -0.1) is 0 Å². The van der Waals surface area contributed by atoms with Gasteiger partial charge in [0.15, 0.2) is 0 Å². The molecule has 0 saturated heterocycles. The number of amides is 1. The lowest BCUT2D eigenvalue weighted by atomic mass is 9.86. The van der Waals surface area contributed by atoms with Crippen molar-refractivity contribution in [2.45, 2.75) is 64.0 Å². The zero-order valence-corrected chi connectivity index (χ0v) is 16.7. The Morgan fingerprint density at radius 1 is 0.880 bits per heavy atom. The van der Waals surface area contributed by atoms with Crippen molar-refractivity contribution in [3.63, 3.8) is 0 Å². The van der Waals surface area contributed by atoms with Gasteiger partial charge < -0.3 is 9.80 Å². The van der Waals surface area contributed by atoms with Gasteiger partial charge in [-0.2, -0.15) is 0 Å². The number of nitrogens with zero attached hydrogens (tertiary/aromatic N) is 2. The summed E-state index contributed by atoms with van der Waals surface area (Å²) in [6, 6.07) is 9.35. The molecule has 3 rings (SSSR count). The molecule has 0 N–H and O–H groups in total. The van der Waals surface area contributed by atoms with Crippen LogP contribution in [0, 0.1) is 11.8 Å². The molecule has 0 aliphatic heterocycles. The average Bonchev–Trinajstić information content (AvgIpc) is 3.11. The third-order valence-corrected chi connectivity index (χ3v) is 6.56. The highest BCUT2D eigenvalue weighted by Gasteiger charge is 2.44. The van der Waals surface area contributed by atoms with Crippen LogP contribution in [0.5, 0.6) is 0 Å². The van der Waals surface area contributed by atoms with Gasteiger partial charge in [-0.05, 0) is 74.7 Å². The Labute approximate surface area is 153 Å². The minimum absolute atomic E-state index is 0.124. The molecule has 3 heteroatoms. The molecule has 1 amide bonds. The second kappa shape index (κ2) is 6.75. The van der Waals surface area contributed by atoms with Gasteiger partial charge in [-0.3, -0.25) is 4.79 Å². The number of carbonyl (C=O) groups is 1. The van der Waals surface area contributed by atoms with Crippen LogP contribution >= 0.6 is 0 Å². The Bertz CT molecular complexity index is 600. The molecular weight excluding hydrogens is 308 g/mol. The number of benzene rings is 1. The third kappa shape index (κ3) is 3.76. The van der Waals surface area contributed by atoms with Crippen molar-refractivity contribution in [2.75, 3.05) is 21.1 Å². The van der Waals surface area contributed by atoms with Crippen LogP contribution in [0.1, 0.15) is 62.4 Å². The van der Waals surface area contributed by atoms with Gasteiger partial charge in [0.05, 0.1) is 0 Å². The van der Waals surface area contributed by atoms with Crippen LogP contribution < -0.4 is 0 Å². The van der Waals surface area contributed by atoms with Gasteiger partial charge in [-0.25, -0.2) is 0 Å². The predicted octanol–water partition coefficient (Wildman–Crippen LogP) is 4.17. The van der Waals surface area contributed by atoms with Crippen LogP contribution in [-0.2, 0) is 5.41 Å². The van der Waals surface area contributed by atoms with E-state index >= 15 is 0 Å². The van der Waals surface area contributed by atoms with E-state index in [1.807, 2.05) is 24.1 Å². The standard InChI is InChI=1S/C22H34N2O/c1-22(2,3)18-9-7-15(8-10-18)21(25)24(6)20-13-16-11-19(23(4)5)12-17(16)14-20/h7-10,16-17,19-20H,11-14H2,1-6H3/t16-,17+,19?,20?. The van der Waals surface area contributed by atoms with Gasteiger partial charge >= 0.3 is 0 Å². The quantitative estimate of drug-likeness (QED) is 0.823. The van der Waals surface area contributed by atoms with Crippen LogP contribution in [0.3, 0.4) is 0 Å². The summed E-state index contributed by atoms with van der Waals surface area (Å²) in [7, 11) is 6.38. The van der Waals surface area contributed by atoms with Crippen LogP contribution in [-0.4, -0.2) is 48.9 Å². The van der Waals surface area contributed by atoms with Crippen molar-refractivity contribution < 1.29 is 4.79 Å². The number of rotatable bonds is 3. The minimum Gasteiger partial charge on any atom is -0.339 e. The fourth-order valence-electron chi connectivity index (χ4n) is 4.77. The second-order valence-corrected chi connectivity index (χ2v) is 9.48. The summed E-state index contributed by atoms with van der Waals surface area (Å²) in [4.78, 5) is 17.3. The van der Waals surface area contributed by atoms with Crippen molar-refractivity contribution in [2.24, 2.45) is 11.8 Å². The van der Waals surface area contributed by atoms with E-state index < -0.39 is 0 Å². The first-order valence-electron chi connectivity index (χ1n) is 9.71. The SMILES string of the molecule is CN(C)C1C[C@@H]2CC(N(C)C(=O)c3ccc(C(C)(C)C)cc3)C[C@@H]2C1. The lowest BCUT2D eigenvalue weighted by Crippen LogP contribution is -2.36. The van der Waals surface area contributed by atoms with Crippen molar-refractivity contribution in [3.05, 3.63) is 35.4 Å². The number of carbonyl (C=O) groups excluding carboxylic acids is 1. The zero-order chi connectivity index (χ0) is 18.4. The topological polar surface area (TPSA) is 23.6 Å². The van der Waals surface area contributed by atoms with Crippen molar-refractivity contribution in [3.8, 4) is 0 Å². The predicted molar refractivity (Wildman–Crippen MR) is 104 cm³/mol. The Morgan fingerprint density at radius 2 is 1.36 bits per heavy atom. The first-order valence-corrected chi connectivity index (χ1v) is 9.71. The molecule has 4 atom stereocenters. The molecule has 0 bridgehead atoms. The molecule has 25 heavy (non-hydrogen) atoms. The smallest absolute Gasteiger partial charge is 0.253 e. The molecule has 3 nitrogen and oxygen atoms in total. The second-order valence-electron chi connectivity index (χ2n) is 9.48. The zero-order valence-electron chi connectivity index (χ0n) is 16.7. The average molecular weight is 343 g/mol. The van der Waals surface area contributed by atoms with E-state index in [1.165, 1.54) is 31.2 Å². The van der Waals surface area contributed by atoms with E-state index in [9.17, 15) is 4.79 Å². The first-order chi connectivity index (χ1) is 11.7. The summed E-state index contributed by atoms with van der Waals surface area (Å²) in [6.45, 7) is 6.61. The highest BCUT2D eigenvalue weighted by molar-refractivity contribution is 5.94.